The minimum Gasteiger partial charge on any atom is -0.461 e. The molecule has 1 aromatic heterocycles. The monoisotopic (exact) mass is 330 g/mol. The summed E-state index contributed by atoms with van der Waals surface area (Å²) < 4.78 is 5.78. The van der Waals surface area contributed by atoms with Gasteiger partial charge < -0.3 is 14.2 Å². The van der Waals surface area contributed by atoms with E-state index in [9.17, 15) is 9.59 Å². The number of furan rings is 1. The Bertz CT molecular complexity index is 639. The van der Waals surface area contributed by atoms with Crippen LogP contribution in [0.4, 0.5) is 0 Å². The molecule has 1 aliphatic carbocycles. The molecule has 5 nitrogen and oxygen atoms in total. The molecule has 2 atom stereocenters. The predicted molar refractivity (Wildman–Crippen MR) is 92.3 cm³/mol. The zero-order valence-electron chi connectivity index (χ0n) is 14.7. The van der Waals surface area contributed by atoms with Crippen LogP contribution in [-0.4, -0.2) is 47.8 Å². The van der Waals surface area contributed by atoms with E-state index in [2.05, 4.69) is 6.92 Å². The maximum Gasteiger partial charge on any atom is 0.246 e. The lowest BCUT2D eigenvalue weighted by Gasteiger charge is -2.35. The fourth-order valence-electron chi connectivity index (χ4n) is 3.15. The molecule has 0 radical (unpaired) electrons. The van der Waals surface area contributed by atoms with Crippen LogP contribution in [0.25, 0.3) is 6.08 Å². The largest absolute Gasteiger partial charge is 0.461 e. The molecule has 0 aromatic carbocycles. The van der Waals surface area contributed by atoms with Gasteiger partial charge in [-0.2, -0.15) is 0 Å². The molecule has 0 N–H and O–H groups in total. The van der Waals surface area contributed by atoms with Crippen LogP contribution in [0.1, 0.15) is 44.6 Å². The van der Waals surface area contributed by atoms with Crippen LogP contribution in [-0.2, 0) is 9.59 Å². The number of rotatable bonds is 4. The first kappa shape index (κ1) is 16.8. The lowest BCUT2D eigenvalue weighted by atomic mass is 10.1. The van der Waals surface area contributed by atoms with E-state index in [4.69, 9.17) is 4.42 Å². The van der Waals surface area contributed by atoms with Crippen molar-refractivity contribution in [1.82, 2.24) is 9.80 Å². The van der Waals surface area contributed by atoms with Gasteiger partial charge in [-0.25, -0.2) is 0 Å². The second-order valence-electron chi connectivity index (χ2n) is 7.20. The topological polar surface area (TPSA) is 53.8 Å². The summed E-state index contributed by atoms with van der Waals surface area (Å²) in [7, 11) is 0. The zero-order valence-corrected chi connectivity index (χ0v) is 14.7. The van der Waals surface area contributed by atoms with Gasteiger partial charge in [0.05, 0.1) is 0 Å². The molecule has 24 heavy (non-hydrogen) atoms. The quantitative estimate of drug-likeness (QED) is 0.798. The fourth-order valence-corrected chi connectivity index (χ4v) is 3.15. The first-order valence-electron chi connectivity index (χ1n) is 8.81. The third kappa shape index (κ3) is 3.71. The third-order valence-electron chi connectivity index (χ3n) is 4.91. The lowest BCUT2D eigenvalue weighted by molar-refractivity contribution is -0.139. The van der Waals surface area contributed by atoms with Crippen LogP contribution in [0.15, 0.2) is 22.6 Å². The molecule has 130 valence electrons. The molecule has 3 rings (SSSR count). The molecule has 1 aromatic rings. The zero-order chi connectivity index (χ0) is 17.3. The number of hydrogen-bond donors (Lipinski definition) is 0. The maximum absolute atomic E-state index is 12.3. The van der Waals surface area contributed by atoms with Gasteiger partial charge in [0.25, 0.3) is 0 Å². The van der Waals surface area contributed by atoms with Gasteiger partial charge in [0.1, 0.15) is 11.5 Å². The Morgan fingerprint density at radius 1 is 1.17 bits per heavy atom. The highest BCUT2D eigenvalue weighted by Gasteiger charge is 2.36. The van der Waals surface area contributed by atoms with Crippen LogP contribution in [0.3, 0.4) is 0 Å². The number of carbonyl (C=O) groups is 2. The SMILES string of the molecule is CC(C)C(=O)N1CCN(C(=O)/C=C/c2ccc(C3CC3C)o2)CC1. The number of amides is 2. The van der Waals surface area contributed by atoms with Gasteiger partial charge in [0.2, 0.25) is 11.8 Å². The summed E-state index contributed by atoms with van der Waals surface area (Å²) in [4.78, 5) is 27.9. The average Bonchev–Trinajstić information content (AvgIpc) is 3.12. The van der Waals surface area contributed by atoms with Crippen molar-refractivity contribution in [2.45, 2.75) is 33.1 Å². The van der Waals surface area contributed by atoms with Gasteiger partial charge in [0, 0.05) is 44.1 Å². The van der Waals surface area contributed by atoms with Crippen LogP contribution < -0.4 is 0 Å². The molecule has 1 saturated carbocycles. The van der Waals surface area contributed by atoms with Crippen LogP contribution >= 0.6 is 0 Å². The highest BCUT2D eigenvalue weighted by atomic mass is 16.3. The first-order valence-corrected chi connectivity index (χ1v) is 8.81. The fraction of sp³-hybridized carbons (Fsp3) is 0.579. The molecular formula is C19H26N2O3. The van der Waals surface area contributed by atoms with E-state index >= 15 is 0 Å². The third-order valence-corrected chi connectivity index (χ3v) is 4.91. The Kier molecular flexibility index (Phi) is 4.78. The predicted octanol–water partition coefficient (Wildman–Crippen LogP) is 2.74. The smallest absolute Gasteiger partial charge is 0.246 e. The Balaban J connectivity index is 1.50. The highest BCUT2D eigenvalue weighted by Crippen LogP contribution is 2.47. The molecular weight excluding hydrogens is 304 g/mol. The molecule has 0 bridgehead atoms. The van der Waals surface area contributed by atoms with Crippen LogP contribution in [0, 0.1) is 11.8 Å². The minimum absolute atomic E-state index is 0.00878. The summed E-state index contributed by atoms with van der Waals surface area (Å²) in [6.07, 6.45) is 4.50. The minimum atomic E-state index is -0.0237. The molecule has 0 spiro atoms. The van der Waals surface area contributed by atoms with Gasteiger partial charge in [-0.3, -0.25) is 9.59 Å². The van der Waals surface area contributed by atoms with Gasteiger partial charge in [-0.15, -0.1) is 0 Å². The number of hydrogen-bond acceptors (Lipinski definition) is 3. The summed E-state index contributed by atoms with van der Waals surface area (Å²) in [5.41, 5.74) is 0. The van der Waals surface area contributed by atoms with E-state index in [-0.39, 0.29) is 17.7 Å². The second-order valence-corrected chi connectivity index (χ2v) is 7.20. The number of carbonyl (C=O) groups excluding carboxylic acids is 2. The summed E-state index contributed by atoms with van der Waals surface area (Å²) in [5.74, 6) is 3.16. The Morgan fingerprint density at radius 3 is 2.38 bits per heavy atom. The van der Waals surface area contributed by atoms with E-state index in [1.807, 2.05) is 30.9 Å². The van der Waals surface area contributed by atoms with Crippen LogP contribution in [0.2, 0.25) is 0 Å². The lowest BCUT2D eigenvalue weighted by Crippen LogP contribution is -2.51. The van der Waals surface area contributed by atoms with Crippen molar-refractivity contribution in [2.24, 2.45) is 11.8 Å². The van der Waals surface area contributed by atoms with Crippen molar-refractivity contribution in [3.63, 3.8) is 0 Å². The molecule has 2 aliphatic rings. The normalized spacial score (nSPS) is 24.0. The Morgan fingerprint density at radius 2 is 1.79 bits per heavy atom. The van der Waals surface area contributed by atoms with Gasteiger partial charge in [-0.1, -0.05) is 20.8 Å². The molecule has 2 unspecified atom stereocenters. The van der Waals surface area contributed by atoms with E-state index in [1.165, 1.54) is 6.42 Å². The van der Waals surface area contributed by atoms with Gasteiger partial charge in [0.15, 0.2) is 0 Å². The summed E-state index contributed by atoms with van der Waals surface area (Å²) in [6.45, 7) is 8.43. The summed E-state index contributed by atoms with van der Waals surface area (Å²) >= 11 is 0. The van der Waals surface area contributed by atoms with Crippen molar-refractivity contribution in [3.05, 3.63) is 29.7 Å². The maximum atomic E-state index is 12.3. The second kappa shape index (κ2) is 6.83. The van der Waals surface area contributed by atoms with E-state index < -0.39 is 0 Å². The van der Waals surface area contributed by atoms with Gasteiger partial charge in [-0.05, 0) is 30.5 Å². The number of nitrogens with zero attached hydrogens (tertiary/aromatic N) is 2. The van der Waals surface area contributed by atoms with Crippen molar-refractivity contribution in [2.75, 3.05) is 26.2 Å². The molecule has 2 heterocycles. The standard InChI is InChI=1S/C19H26N2O3/c1-13(2)19(23)21-10-8-20(9-11-21)18(22)7-5-15-4-6-17(24-15)16-12-14(16)3/h4-7,13-14,16H,8-12H2,1-3H3/b7-5+. The van der Waals surface area contributed by atoms with Crippen molar-refractivity contribution in [1.29, 1.82) is 0 Å². The molecule has 1 aliphatic heterocycles. The van der Waals surface area contributed by atoms with Crippen molar-refractivity contribution >= 4 is 17.9 Å². The van der Waals surface area contributed by atoms with E-state index in [1.54, 1.807) is 17.1 Å². The molecule has 2 amide bonds. The highest BCUT2D eigenvalue weighted by molar-refractivity contribution is 5.91. The Hall–Kier alpha value is -2.04. The summed E-state index contributed by atoms with van der Waals surface area (Å²) in [6, 6.07) is 3.93. The summed E-state index contributed by atoms with van der Waals surface area (Å²) in [5, 5.41) is 0. The van der Waals surface area contributed by atoms with Crippen molar-refractivity contribution in [3.8, 4) is 0 Å². The Labute approximate surface area is 143 Å². The van der Waals surface area contributed by atoms with Crippen molar-refractivity contribution < 1.29 is 14.0 Å². The van der Waals surface area contributed by atoms with E-state index in [0.717, 1.165) is 11.5 Å². The first-order chi connectivity index (χ1) is 11.5. The molecule has 5 heteroatoms. The average molecular weight is 330 g/mol. The number of piperazine rings is 1. The molecule has 1 saturated heterocycles. The van der Waals surface area contributed by atoms with Gasteiger partial charge >= 0.3 is 0 Å². The van der Waals surface area contributed by atoms with Crippen LogP contribution in [0.5, 0.6) is 0 Å². The molecule has 2 fully saturated rings. The van der Waals surface area contributed by atoms with E-state index in [0.29, 0.717) is 38.0 Å².